The van der Waals surface area contributed by atoms with Crippen LogP contribution in [0, 0.1) is 5.41 Å². The summed E-state index contributed by atoms with van der Waals surface area (Å²) in [6.45, 7) is 5.55. The maximum atomic E-state index is 11.1. The fourth-order valence-corrected chi connectivity index (χ4v) is 0.394. The quantitative estimate of drug-likeness (QED) is 0.613. The Morgan fingerprint density at radius 2 is 2.00 bits per heavy atom. The van der Waals surface area contributed by atoms with Gasteiger partial charge in [-0.05, 0) is 0 Å². The standard InChI is InChI=1S/C8H15NO2/c1-8(2,3)7(10)9-5-6-11-4/h5-6H,1-4H3,(H,9,10)/b6-5+. The summed E-state index contributed by atoms with van der Waals surface area (Å²) in [5.74, 6) is -0.0224. The molecule has 0 spiro atoms. The Kier molecular flexibility index (Phi) is 3.65. The Bertz CT molecular complexity index is 156. The molecule has 0 heterocycles. The lowest BCUT2D eigenvalue weighted by molar-refractivity contribution is -0.127. The number of carbonyl (C=O) groups is 1. The molecule has 1 N–H and O–H groups in total. The zero-order valence-corrected chi connectivity index (χ0v) is 7.47. The first-order valence-corrected chi connectivity index (χ1v) is 3.47. The van der Waals surface area contributed by atoms with Gasteiger partial charge in [-0.1, -0.05) is 20.8 Å². The number of rotatable bonds is 2. The second-order valence-electron chi connectivity index (χ2n) is 3.26. The Morgan fingerprint density at radius 1 is 1.45 bits per heavy atom. The van der Waals surface area contributed by atoms with E-state index in [0.717, 1.165) is 0 Å². The topological polar surface area (TPSA) is 38.3 Å². The molecule has 0 saturated carbocycles. The molecule has 0 aliphatic rings. The molecule has 0 saturated heterocycles. The fraction of sp³-hybridized carbons (Fsp3) is 0.625. The van der Waals surface area contributed by atoms with E-state index >= 15 is 0 Å². The molecule has 0 fully saturated rings. The van der Waals surface area contributed by atoms with Crippen LogP contribution >= 0.6 is 0 Å². The first-order valence-electron chi connectivity index (χ1n) is 3.47. The molecule has 0 aliphatic heterocycles. The van der Waals surface area contributed by atoms with Gasteiger partial charge in [0.25, 0.3) is 0 Å². The normalized spacial score (nSPS) is 11.6. The summed E-state index contributed by atoms with van der Waals surface area (Å²) in [5, 5.41) is 2.58. The highest BCUT2D eigenvalue weighted by Crippen LogP contribution is 2.11. The molecule has 0 radical (unpaired) electrons. The van der Waals surface area contributed by atoms with Crippen LogP contribution in [-0.4, -0.2) is 13.0 Å². The third kappa shape index (κ3) is 4.42. The molecule has 0 aromatic heterocycles. The highest BCUT2D eigenvalue weighted by atomic mass is 16.5. The third-order valence-electron chi connectivity index (χ3n) is 1.10. The van der Waals surface area contributed by atoms with Gasteiger partial charge in [0.1, 0.15) is 0 Å². The minimum Gasteiger partial charge on any atom is -0.503 e. The molecule has 3 heteroatoms. The van der Waals surface area contributed by atoms with Crippen molar-refractivity contribution in [1.82, 2.24) is 5.32 Å². The van der Waals surface area contributed by atoms with Gasteiger partial charge in [0.15, 0.2) is 0 Å². The molecule has 0 rings (SSSR count). The van der Waals surface area contributed by atoms with Crippen LogP contribution in [0.1, 0.15) is 20.8 Å². The number of hydrogen-bond acceptors (Lipinski definition) is 2. The van der Waals surface area contributed by atoms with Crippen LogP contribution in [0.4, 0.5) is 0 Å². The Morgan fingerprint density at radius 3 is 2.36 bits per heavy atom. The van der Waals surface area contributed by atoms with E-state index in [4.69, 9.17) is 0 Å². The Balaban J connectivity index is 3.80. The summed E-state index contributed by atoms with van der Waals surface area (Å²) in [5.41, 5.74) is -0.349. The molecule has 0 aromatic rings. The zero-order valence-electron chi connectivity index (χ0n) is 7.47. The van der Waals surface area contributed by atoms with Gasteiger partial charge in [0.2, 0.25) is 5.91 Å². The molecular weight excluding hydrogens is 142 g/mol. The van der Waals surface area contributed by atoms with Crippen molar-refractivity contribution in [2.75, 3.05) is 7.11 Å². The summed E-state index contributed by atoms with van der Waals surface area (Å²) >= 11 is 0. The average Bonchev–Trinajstić information content (AvgIpc) is 1.86. The van der Waals surface area contributed by atoms with E-state index < -0.39 is 0 Å². The van der Waals surface area contributed by atoms with Crippen LogP contribution in [0.2, 0.25) is 0 Å². The van der Waals surface area contributed by atoms with E-state index in [2.05, 4.69) is 10.1 Å². The van der Waals surface area contributed by atoms with Gasteiger partial charge in [0.05, 0.1) is 13.4 Å². The van der Waals surface area contributed by atoms with Crippen molar-refractivity contribution in [3.05, 3.63) is 12.5 Å². The van der Waals surface area contributed by atoms with Crippen molar-refractivity contribution < 1.29 is 9.53 Å². The average molecular weight is 157 g/mol. The minimum absolute atomic E-state index is 0.0224. The maximum absolute atomic E-state index is 11.1. The van der Waals surface area contributed by atoms with E-state index in [1.165, 1.54) is 19.6 Å². The van der Waals surface area contributed by atoms with Gasteiger partial charge in [-0.3, -0.25) is 4.79 Å². The molecule has 3 nitrogen and oxygen atoms in total. The van der Waals surface area contributed by atoms with E-state index in [1.54, 1.807) is 0 Å². The Labute approximate surface area is 67.4 Å². The van der Waals surface area contributed by atoms with Crippen molar-refractivity contribution in [2.45, 2.75) is 20.8 Å². The largest absolute Gasteiger partial charge is 0.503 e. The minimum atomic E-state index is -0.349. The summed E-state index contributed by atoms with van der Waals surface area (Å²) < 4.78 is 4.61. The number of methoxy groups -OCH3 is 1. The monoisotopic (exact) mass is 157 g/mol. The molecule has 11 heavy (non-hydrogen) atoms. The van der Waals surface area contributed by atoms with E-state index in [9.17, 15) is 4.79 Å². The number of carbonyl (C=O) groups excluding carboxylic acids is 1. The molecule has 1 amide bonds. The van der Waals surface area contributed by atoms with E-state index in [0.29, 0.717) is 0 Å². The smallest absolute Gasteiger partial charge is 0.229 e. The number of ether oxygens (including phenoxy) is 1. The SMILES string of the molecule is CO/C=C/NC(=O)C(C)(C)C. The number of hydrogen-bond donors (Lipinski definition) is 1. The van der Waals surface area contributed by atoms with Crippen molar-refractivity contribution in [3.63, 3.8) is 0 Å². The van der Waals surface area contributed by atoms with Gasteiger partial charge in [-0.2, -0.15) is 0 Å². The molecule has 0 aromatic carbocycles. The van der Waals surface area contributed by atoms with Crippen LogP contribution in [0.3, 0.4) is 0 Å². The first-order chi connectivity index (χ1) is 4.98. The zero-order chi connectivity index (χ0) is 8.91. The number of amides is 1. The molecule has 0 atom stereocenters. The highest BCUT2D eigenvalue weighted by Gasteiger charge is 2.19. The second-order valence-corrected chi connectivity index (χ2v) is 3.26. The predicted octanol–water partition coefficient (Wildman–Crippen LogP) is 1.27. The lowest BCUT2D eigenvalue weighted by Gasteiger charge is -2.15. The van der Waals surface area contributed by atoms with Crippen LogP contribution in [-0.2, 0) is 9.53 Å². The Hall–Kier alpha value is -0.990. The van der Waals surface area contributed by atoms with Gasteiger partial charge in [-0.15, -0.1) is 0 Å². The van der Waals surface area contributed by atoms with Gasteiger partial charge >= 0.3 is 0 Å². The van der Waals surface area contributed by atoms with Crippen LogP contribution in [0.25, 0.3) is 0 Å². The molecule has 0 unspecified atom stereocenters. The molecule has 64 valence electrons. The summed E-state index contributed by atoms with van der Waals surface area (Å²) in [4.78, 5) is 11.1. The van der Waals surface area contributed by atoms with E-state index in [1.807, 2.05) is 20.8 Å². The second kappa shape index (κ2) is 4.01. The van der Waals surface area contributed by atoms with Crippen molar-refractivity contribution >= 4 is 5.91 Å². The van der Waals surface area contributed by atoms with Crippen LogP contribution in [0.5, 0.6) is 0 Å². The van der Waals surface area contributed by atoms with Crippen LogP contribution < -0.4 is 5.32 Å². The molecular formula is C8H15NO2. The lowest BCUT2D eigenvalue weighted by atomic mass is 9.96. The first kappa shape index (κ1) is 10.0. The third-order valence-corrected chi connectivity index (χ3v) is 1.10. The fourth-order valence-electron chi connectivity index (χ4n) is 0.394. The van der Waals surface area contributed by atoms with Gasteiger partial charge in [-0.25, -0.2) is 0 Å². The maximum Gasteiger partial charge on any atom is 0.229 e. The molecule has 0 aliphatic carbocycles. The van der Waals surface area contributed by atoms with Gasteiger partial charge in [0, 0.05) is 11.6 Å². The lowest BCUT2D eigenvalue weighted by Crippen LogP contribution is -2.31. The highest BCUT2D eigenvalue weighted by molar-refractivity contribution is 5.82. The summed E-state index contributed by atoms with van der Waals surface area (Å²) in [6.07, 6.45) is 2.90. The summed E-state index contributed by atoms with van der Waals surface area (Å²) in [6, 6.07) is 0. The van der Waals surface area contributed by atoms with Crippen molar-refractivity contribution in [3.8, 4) is 0 Å². The van der Waals surface area contributed by atoms with E-state index in [-0.39, 0.29) is 11.3 Å². The number of nitrogens with one attached hydrogen (secondary N) is 1. The van der Waals surface area contributed by atoms with Crippen molar-refractivity contribution in [2.24, 2.45) is 5.41 Å². The van der Waals surface area contributed by atoms with Crippen LogP contribution in [0.15, 0.2) is 12.5 Å². The summed E-state index contributed by atoms with van der Waals surface area (Å²) in [7, 11) is 1.53. The van der Waals surface area contributed by atoms with Gasteiger partial charge < -0.3 is 10.1 Å². The molecule has 0 bridgehead atoms. The van der Waals surface area contributed by atoms with Crippen molar-refractivity contribution in [1.29, 1.82) is 0 Å². The predicted molar refractivity (Wildman–Crippen MR) is 43.7 cm³/mol.